The van der Waals surface area contributed by atoms with E-state index in [0.717, 1.165) is 29.8 Å². The normalized spacial score (nSPS) is 23.0. The SMILES string of the molecule is N[C@@H]1CCN2c3c(cccc31)C(=O)N[C@H]2c1ccc(Cl)cc1. The first-order valence-corrected chi connectivity index (χ1v) is 7.74. The fourth-order valence-electron chi connectivity index (χ4n) is 3.36. The monoisotopic (exact) mass is 313 g/mol. The lowest BCUT2D eigenvalue weighted by molar-refractivity contribution is 0.0925. The smallest absolute Gasteiger partial charge is 0.255 e. The minimum absolute atomic E-state index is 0.0111. The molecule has 4 rings (SSSR count). The lowest BCUT2D eigenvalue weighted by Crippen LogP contribution is -2.49. The van der Waals surface area contributed by atoms with E-state index in [1.54, 1.807) is 0 Å². The zero-order valence-electron chi connectivity index (χ0n) is 11.9. The van der Waals surface area contributed by atoms with Crippen LogP contribution in [0, 0.1) is 0 Å². The highest BCUT2D eigenvalue weighted by Gasteiger charge is 2.36. The highest BCUT2D eigenvalue weighted by molar-refractivity contribution is 6.30. The number of hydrogen-bond acceptors (Lipinski definition) is 3. The van der Waals surface area contributed by atoms with Crippen molar-refractivity contribution in [1.82, 2.24) is 5.32 Å². The molecule has 0 aromatic heterocycles. The molecule has 0 saturated carbocycles. The maximum atomic E-state index is 12.5. The molecular weight excluding hydrogens is 298 g/mol. The van der Waals surface area contributed by atoms with Crippen LogP contribution in [0.5, 0.6) is 0 Å². The highest BCUT2D eigenvalue weighted by atomic mass is 35.5. The number of halogens is 1. The maximum absolute atomic E-state index is 12.5. The van der Waals surface area contributed by atoms with Gasteiger partial charge >= 0.3 is 0 Å². The van der Waals surface area contributed by atoms with Gasteiger partial charge in [-0.15, -0.1) is 0 Å². The van der Waals surface area contributed by atoms with Gasteiger partial charge in [-0.2, -0.15) is 0 Å². The van der Waals surface area contributed by atoms with Crippen molar-refractivity contribution in [2.75, 3.05) is 11.4 Å². The number of rotatable bonds is 1. The van der Waals surface area contributed by atoms with Gasteiger partial charge in [0.1, 0.15) is 6.17 Å². The van der Waals surface area contributed by atoms with Crippen LogP contribution in [-0.2, 0) is 0 Å². The summed E-state index contributed by atoms with van der Waals surface area (Å²) in [6, 6.07) is 13.4. The van der Waals surface area contributed by atoms with E-state index in [-0.39, 0.29) is 18.1 Å². The predicted molar refractivity (Wildman–Crippen MR) is 87.0 cm³/mol. The summed E-state index contributed by atoms with van der Waals surface area (Å²) in [5, 5.41) is 3.78. The molecule has 2 heterocycles. The number of anilines is 1. The lowest BCUT2D eigenvalue weighted by atomic mass is 9.90. The van der Waals surface area contributed by atoms with Gasteiger partial charge in [-0.1, -0.05) is 35.9 Å². The van der Waals surface area contributed by atoms with Crippen molar-refractivity contribution in [2.24, 2.45) is 5.73 Å². The second-order valence-electron chi connectivity index (χ2n) is 5.76. The first kappa shape index (κ1) is 13.6. The molecule has 0 radical (unpaired) electrons. The Kier molecular flexibility index (Phi) is 3.10. The van der Waals surface area contributed by atoms with Crippen molar-refractivity contribution in [2.45, 2.75) is 18.6 Å². The Morgan fingerprint density at radius 3 is 2.73 bits per heavy atom. The minimum Gasteiger partial charge on any atom is -0.346 e. The Morgan fingerprint density at radius 2 is 1.95 bits per heavy atom. The number of hydrogen-bond donors (Lipinski definition) is 2. The molecule has 2 atom stereocenters. The van der Waals surface area contributed by atoms with E-state index in [9.17, 15) is 4.79 Å². The van der Waals surface area contributed by atoms with Crippen LogP contribution >= 0.6 is 11.6 Å². The highest BCUT2D eigenvalue weighted by Crippen LogP contribution is 2.42. The van der Waals surface area contributed by atoms with Gasteiger partial charge < -0.3 is 16.0 Å². The summed E-state index contributed by atoms with van der Waals surface area (Å²) < 4.78 is 0. The Bertz CT molecular complexity index is 744. The van der Waals surface area contributed by atoms with E-state index in [1.807, 2.05) is 42.5 Å². The number of carbonyl (C=O) groups is 1. The number of nitrogens with zero attached hydrogens (tertiary/aromatic N) is 1. The van der Waals surface area contributed by atoms with Crippen molar-refractivity contribution in [3.8, 4) is 0 Å². The molecule has 0 aliphatic carbocycles. The van der Waals surface area contributed by atoms with Crippen LogP contribution in [0.25, 0.3) is 0 Å². The predicted octanol–water partition coefficient (Wildman–Crippen LogP) is 2.99. The fourth-order valence-corrected chi connectivity index (χ4v) is 3.48. The van der Waals surface area contributed by atoms with Gasteiger partial charge in [0.25, 0.3) is 5.91 Å². The number of nitrogens with one attached hydrogen (secondary N) is 1. The molecule has 4 nitrogen and oxygen atoms in total. The average Bonchev–Trinajstić information content (AvgIpc) is 2.53. The summed E-state index contributed by atoms with van der Waals surface area (Å²) in [5.74, 6) is -0.0536. The van der Waals surface area contributed by atoms with Gasteiger partial charge in [-0.05, 0) is 35.7 Å². The van der Waals surface area contributed by atoms with E-state index in [0.29, 0.717) is 10.6 Å². The van der Waals surface area contributed by atoms with Crippen LogP contribution in [0.2, 0.25) is 5.02 Å². The third kappa shape index (κ3) is 1.99. The second-order valence-corrected chi connectivity index (χ2v) is 6.20. The van der Waals surface area contributed by atoms with Crippen LogP contribution in [0.4, 0.5) is 5.69 Å². The fraction of sp³-hybridized carbons (Fsp3) is 0.235. The Balaban J connectivity index is 1.85. The molecule has 2 aliphatic rings. The van der Waals surface area contributed by atoms with Gasteiger partial charge in [0.15, 0.2) is 0 Å². The zero-order valence-corrected chi connectivity index (χ0v) is 12.7. The van der Waals surface area contributed by atoms with E-state index in [1.165, 1.54) is 0 Å². The van der Waals surface area contributed by atoms with Crippen molar-refractivity contribution >= 4 is 23.2 Å². The first-order chi connectivity index (χ1) is 10.6. The molecule has 2 aromatic carbocycles. The molecule has 5 heteroatoms. The van der Waals surface area contributed by atoms with Crippen LogP contribution in [0.3, 0.4) is 0 Å². The third-order valence-corrected chi connectivity index (χ3v) is 4.70. The maximum Gasteiger partial charge on any atom is 0.255 e. The van der Waals surface area contributed by atoms with Crippen LogP contribution < -0.4 is 16.0 Å². The van der Waals surface area contributed by atoms with E-state index >= 15 is 0 Å². The Labute approximate surface area is 133 Å². The zero-order chi connectivity index (χ0) is 15.3. The van der Waals surface area contributed by atoms with Gasteiger partial charge in [0, 0.05) is 17.6 Å². The van der Waals surface area contributed by atoms with Crippen molar-refractivity contribution in [1.29, 1.82) is 0 Å². The molecule has 112 valence electrons. The van der Waals surface area contributed by atoms with Gasteiger partial charge in [0.2, 0.25) is 0 Å². The van der Waals surface area contributed by atoms with Crippen LogP contribution in [0.1, 0.15) is 40.1 Å². The quantitative estimate of drug-likeness (QED) is 0.851. The Hall–Kier alpha value is -2.04. The van der Waals surface area contributed by atoms with E-state index in [2.05, 4.69) is 10.2 Å². The van der Waals surface area contributed by atoms with E-state index in [4.69, 9.17) is 17.3 Å². The number of benzene rings is 2. The third-order valence-electron chi connectivity index (χ3n) is 4.44. The molecule has 0 fully saturated rings. The van der Waals surface area contributed by atoms with E-state index < -0.39 is 0 Å². The van der Waals surface area contributed by atoms with Crippen molar-refractivity contribution < 1.29 is 4.79 Å². The van der Waals surface area contributed by atoms with Crippen LogP contribution in [0.15, 0.2) is 42.5 Å². The second kappa shape index (κ2) is 5.00. The van der Waals surface area contributed by atoms with Gasteiger partial charge in [-0.3, -0.25) is 4.79 Å². The molecule has 0 bridgehead atoms. The standard InChI is InChI=1S/C17H16ClN3O/c18-11-6-4-10(5-7-11)16-20-17(22)13-3-1-2-12-14(19)8-9-21(16)15(12)13/h1-7,14,16H,8-9,19H2,(H,20,22)/t14-,16-/m1/s1. The molecule has 3 N–H and O–H groups in total. The molecular formula is C17H16ClN3O. The van der Waals surface area contributed by atoms with Crippen molar-refractivity contribution in [3.63, 3.8) is 0 Å². The molecule has 1 amide bonds. The molecule has 0 spiro atoms. The average molecular weight is 314 g/mol. The molecule has 0 saturated heterocycles. The summed E-state index contributed by atoms with van der Waals surface area (Å²) in [6.07, 6.45) is 0.696. The van der Waals surface area contributed by atoms with Gasteiger partial charge in [-0.25, -0.2) is 0 Å². The van der Waals surface area contributed by atoms with Gasteiger partial charge in [0.05, 0.1) is 11.3 Å². The number of nitrogens with two attached hydrogens (primary N) is 1. The topological polar surface area (TPSA) is 58.4 Å². The minimum atomic E-state index is -0.175. The summed E-state index contributed by atoms with van der Waals surface area (Å²) in [7, 11) is 0. The summed E-state index contributed by atoms with van der Waals surface area (Å²) in [5.41, 5.74) is 9.99. The first-order valence-electron chi connectivity index (χ1n) is 7.36. The van der Waals surface area contributed by atoms with Crippen LogP contribution in [-0.4, -0.2) is 12.5 Å². The summed E-state index contributed by atoms with van der Waals surface area (Å²) in [4.78, 5) is 14.7. The number of carbonyl (C=O) groups excluding carboxylic acids is 1. The molecule has 2 aliphatic heterocycles. The Morgan fingerprint density at radius 1 is 1.18 bits per heavy atom. The lowest BCUT2D eigenvalue weighted by Gasteiger charge is -2.44. The number of amides is 1. The summed E-state index contributed by atoms with van der Waals surface area (Å²) in [6.45, 7) is 0.818. The number of para-hydroxylation sites is 1. The molecule has 0 unspecified atom stereocenters. The largest absolute Gasteiger partial charge is 0.346 e. The molecule has 22 heavy (non-hydrogen) atoms. The molecule has 2 aromatic rings. The summed E-state index contributed by atoms with van der Waals surface area (Å²) >= 11 is 5.97. The van der Waals surface area contributed by atoms with Crippen molar-refractivity contribution in [3.05, 3.63) is 64.2 Å².